The molecule has 0 aliphatic carbocycles. The van der Waals surface area contributed by atoms with E-state index in [0.29, 0.717) is 32.2 Å². The molecule has 30 heavy (non-hydrogen) atoms. The maximum absolute atomic E-state index is 12.8. The van der Waals surface area contributed by atoms with E-state index in [4.69, 9.17) is 11.5 Å². The van der Waals surface area contributed by atoms with Gasteiger partial charge in [0.15, 0.2) is 5.96 Å². The Hall–Kier alpha value is -2.49. The summed E-state index contributed by atoms with van der Waals surface area (Å²) in [6.07, 6.45) is 3.65. The normalized spacial score (nSPS) is 14.8. The summed E-state index contributed by atoms with van der Waals surface area (Å²) < 4.78 is 0. The highest BCUT2D eigenvalue weighted by molar-refractivity contribution is 5.82. The molecule has 0 radical (unpaired) electrons. The van der Waals surface area contributed by atoms with Gasteiger partial charge in [0.25, 0.3) is 0 Å². The Balaban J connectivity index is 4.93. The Kier molecular flexibility index (Phi) is 14.1. The van der Waals surface area contributed by atoms with Crippen LogP contribution in [0.15, 0.2) is 4.99 Å². The molecule has 4 atom stereocenters. The third-order valence-corrected chi connectivity index (χ3v) is 4.39. The summed E-state index contributed by atoms with van der Waals surface area (Å²) in [5, 5.41) is 8.69. The van der Waals surface area contributed by atoms with Gasteiger partial charge in [0.05, 0.1) is 12.1 Å². The van der Waals surface area contributed by atoms with Gasteiger partial charge in [0.1, 0.15) is 12.6 Å². The van der Waals surface area contributed by atoms with Gasteiger partial charge in [-0.15, -0.1) is 0 Å². The van der Waals surface area contributed by atoms with E-state index in [1.165, 1.54) is 6.92 Å². The van der Waals surface area contributed by atoms with Crippen molar-refractivity contribution >= 4 is 30.3 Å². The molecule has 10 nitrogen and oxygen atoms in total. The standard InChI is InChI=1S/C20H38N6O4/c1-13(2)8-18(26-16(12-28)6-5-7-23-20(21)22)19(30)24-10-17(25-15(4)29)9-14(3)11-27/h11-14,16-18,26H,5-10H2,1-4H3,(H,24,30)(H,25,29)(H4,21,22,23)/t14?,16?,17-,18+/m1/s1. The molecule has 0 fully saturated rings. The summed E-state index contributed by atoms with van der Waals surface area (Å²) in [6.45, 7) is 7.72. The number of nitrogens with zero attached hydrogens (tertiary/aromatic N) is 1. The van der Waals surface area contributed by atoms with Crippen LogP contribution >= 0.6 is 0 Å². The summed E-state index contributed by atoms with van der Waals surface area (Å²) in [7, 11) is 0. The maximum atomic E-state index is 12.8. The predicted molar refractivity (Wildman–Crippen MR) is 117 cm³/mol. The van der Waals surface area contributed by atoms with Crippen LogP contribution in [0.3, 0.4) is 0 Å². The fourth-order valence-electron chi connectivity index (χ4n) is 3.02. The van der Waals surface area contributed by atoms with Crippen LogP contribution in [-0.4, -0.2) is 61.6 Å². The first-order valence-corrected chi connectivity index (χ1v) is 10.4. The lowest BCUT2D eigenvalue weighted by Crippen LogP contribution is -2.52. The third-order valence-electron chi connectivity index (χ3n) is 4.39. The van der Waals surface area contributed by atoms with Crippen molar-refractivity contribution in [3.8, 4) is 0 Å². The SMILES string of the molecule is CC(=O)N[C@@H](CNC(=O)[C@H](CC(C)C)NC(C=O)CCCN=C(N)N)CC(C)C=O. The first-order chi connectivity index (χ1) is 14.1. The number of rotatable bonds is 16. The number of amides is 2. The van der Waals surface area contributed by atoms with E-state index in [1.807, 2.05) is 13.8 Å². The van der Waals surface area contributed by atoms with Crippen molar-refractivity contribution in [1.29, 1.82) is 0 Å². The Morgan fingerprint density at radius 3 is 2.23 bits per heavy atom. The highest BCUT2D eigenvalue weighted by Crippen LogP contribution is 2.08. The second kappa shape index (κ2) is 15.4. The summed E-state index contributed by atoms with van der Waals surface area (Å²) in [6, 6.07) is -1.42. The quantitative estimate of drug-likeness (QED) is 0.0955. The second-order valence-corrected chi connectivity index (χ2v) is 8.03. The van der Waals surface area contributed by atoms with Crippen molar-refractivity contribution in [1.82, 2.24) is 16.0 Å². The smallest absolute Gasteiger partial charge is 0.237 e. The first kappa shape index (κ1) is 27.5. The summed E-state index contributed by atoms with van der Waals surface area (Å²) in [5.41, 5.74) is 10.6. The topological polar surface area (TPSA) is 169 Å². The van der Waals surface area contributed by atoms with Crippen molar-refractivity contribution in [3.63, 3.8) is 0 Å². The number of carbonyl (C=O) groups is 4. The Bertz CT molecular complexity index is 578. The van der Waals surface area contributed by atoms with Crippen LogP contribution in [0.2, 0.25) is 0 Å². The van der Waals surface area contributed by atoms with Gasteiger partial charge in [-0.25, -0.2) is 0 Å². The molecule has 0 heterocycles. The van der Waals surface area contributed by atoms with Crippen molar-refractivity contribution in [3.05, 3.63) is 0 Å². The molecule has 7 N–H and O–H groups in total. The molecule has 0 saturated carbocycles. The zero-order valence-electron chi connectivity index (χ0n) is 18.5. The Labute approximate surface area is 179 Å². The van der Waals surface area contributed by atoms with E-state index in [0.717, 1.165) is 12.6 Å². The number of aliphatic imine (C=N–C) groups is 1. The van der Waals surface area contributed by atoms with Crippen molar-refractivity contribution in [2.24, 2.45) is 28.3 Å². The maximum Gasteiger partial charge on any atom is 0.237 e. The number of carbonyl (C=O) groups excluding carboxylic acids is 4. The molecule has 2 unspecified atom stereocenters. The average Bonchev–Trinajstić information content (AvgIpc) is 2.66. The van der Waals surface area contributed by atoms with E-state index in [2.05, 4.69) is 20.9 Å². The minimum absolute atomic E-state index is 0.000275. The van der Waals surface area contributed by atoms with Gasteiger partial charge in [0, 0.05) is 32.0 Å². The molecular formula is C20H38N6O4. The third kappa shape index (κ3) is 13.6. The van der Waals surface area contributed by atoms with Crippen LogP contribution in [0.4, 0.5) is 0 Å². The molecule has 172 valence electrons. The molecule has 10 heteroatoms. The van der Waals surface area contributed by atoms with Crippen LogP contribution in [0.25, 0.3) is 0 Å². The van der Waals surface area contributed by atoms with Gasteiger partial charge in [-0.1, -0.05) is 20.8 Å². The van der Waals surface area contributed by atoms with Crippen molar-refractivity contribution in [2.75, 3.05) is 13.1 Å². The van der Waals surface area contributed by atoms with Crippen LogP contribution in [0.5, 0.6) is 0 Å². The molecule has 0 rings (SSSR count). The number of hydrogen-bond acceptors (Lipinski definition) is 6. The lowest BCUT2D eigenvalue weighted by atomic mass is 10.0. The molecule has 0 bridgehead atoms. The summed E-state index contributed by atoms with van der Waals surface area (Å²) in [5.74, 6) is -0.503. The predicted octanol–water partition coefficient (Wildman–Crippen LogP) is -0.542. The number of hydrogen-bond donors (Lipinski definition) is 5. The lowest BCUT2D eigenvalue weighted by Gasteiger charge is -2.25. The zero-order chi connectivity index (χ0) is 23.1. The van der Waals surface area contributed by atoms with Crippen LogP contribution in [0.1, 0.15) is 53.4 Å². The highest BCUT2D eigenvalue weighted by Gasteiger charge is 2.24. The Morgan fingerprint density at radius 2 is 1.73 bits per heavy atom. The molecule has 0 aliphatic rings. The number of nitrogens with one attached hydrogen (secondary N) is 3. The van der Waals surface area contributed by atoms with Gasteiger partial charge < -0.3 is 31.7 Å². The fraction of sp³-hybridized carbons (Fsp3) is 0.750. The monoisotopic (exact) mass is 426 g/mol. The molecule has 0 aliphatic heterocycles. The largest absolute Gasteiger partial charge is 0.370 e. The molecule has 0 spiro atoms. The molecule has 2 amide bonds. The van der Waals surface area contributed by atoms with Gasteiger partial charge in [-0.05, 0) is 31.6 Å². The van der Waals surface area contributed by atoms with Crippen LogP contribution in [-0.2, 0) is 19.2 Å². The van der Waals surface area contributed by atoms with E-state index < -0.39 is 12.1 Å². The molecule has 0 aromatic heterocycles. The van der Waals surface area contributed by atoms with Gasteiger partial charge >= 0.3 is 0 Å². The number of nitrogens with two attached hydrogens (primary N) is 2. The first-order valence-electron chi connectivity index (χ1n) is 10.4. The van der Waals surface area contributed by atoms with E-state index in [1.54, 1.807) is 6.92 Å². The number of guanidine groups is 1. The van der Waals surface area contributed by atoms with Gasteiger partial charge in [-0.2, -0.15) is 0 Å². The minimum Gasteiger partial charge on any atom is -0.370 e. The van der Waals surface area contributed by atoms with Crippen molar-refractivity contribution in [2.45, 2.75) is 71.5 Å². The lowest BCUT2D eigenvalue weighted by molar-refractivity contribution is -0.125. The molecular weight excluding hydrogens is 388 g/mol. The zero-order valence-corrected chi connectivity index (χ0v) is 18.5. The van der Waals surface area contributed by atoms with E-state index in [9.17, 15) is 19.2 Å². The van der Waals surface area contributed by atoms with Crippen molar-refractivity contribution < 1.29 is 19.2 Å². The van der Waals surface area contributed by atoms with E-state index >= 15 is 0 Å². The summed E-state index contributed by atoms with van der Waals surface area (Å²) >= 11 is 0. The molecule has 0 aromatic carbocycles. The average molecular weight is 427 g/mol. The van der Waals surface area contributed by atoms with Gasteiger partial charge in [-0.3, -0.25) is 19.9 Å². The molecule has 0 aromatic rings. The highest BCUT2D eigenvalue weighted by atomic mass is 16.2. The number of aldehydes is 2. The van der Waals surface area contributed by atoms with Crippen LogP contribution < -0.4 is 27.4 Å². The van der Waals surface area contributed by atoms with Crippen LogP contribution in [0, 0.1) is 11.8 Å². The minimum atomic E-state index is -0.565. The second-order valence-electron chi connectivity index (χ2n) is 8.03. The van der Waals surface area contributed by atoms with Gasteiger partial charge in [0.2, 0.25) is 11.8 Å². The van der Waals surface area contributed by atoms with E-state index in [-0.39, 0.29) is 42.2 Å². The summed E-state index contributed by atoms with van der Waals surface area (Å²) in [4.78, 5) is 50.5. The Morgan fingerprint density at radius 1 is 1.07 bits per heavy atom. The fourth-order valence-corrected chi connectivity index (χ4v) is 3.02. The molecule has 0 saturated heterocycles.